The first kappa shape index (κ1) is 12.9. The zero-order valence-corrected chi connectivity index (χ0v) is 11.5. The molecule has 7 heteroatoms. The number of hydrazine groups is 1. The van der Waals surface area contributed by atoms with Gasteiger partial charge in [-0.25, -0.2) is 4.98 Å². The van der Waals surface area contributed by atoms with Crippen LogP contribution in [0.4, 0.5) is 0 Å². The van der Waals surface area contributed by atoms with Crippen LogP contribution in [-0.4, -0.2) is 20.0 Å². The Kier molecular flexibility index (Phi) is 3.82. The Labute approximate surface area is 120 Å². The van der Waals surface area contributed by atoms with E-state index in [9.17, 15) is 0 Å². The molecule has 2 aromatic heterocycles. The molecule has 0 bridgehead atoms. The lowest BCUT2D eigenvalue weighted by Gasteiger charge is -2.10. The Morgan fingerprint density at radius 2 is 2.15 bits per heavy atom. The van der Waals surface area contributed by atoms with Crippen molar-refractivity contribution in [2.45, 2.75) is 12.5 Å². The van der Waals surface area contributed by atoms with Crippen molar-refractivity contribution >= 4 is 11.3 Å². The Morgan fingerprint density at radius 3 is 2.85 bits per heavy atom. The molecule has 2 heterocycles. The summed E-state index contributed by atoms with van der Waals surface area (Å²) in [5, 5.41) is 11.7. The van der Waals surface area contributed by atoms with Gasteiger partial charge in [0.25, 0.3) is 0 Å². The first-order chi connectivity index (χ1) is 9.86. The van der Waals surface area contributed by atoms with Gasteiger partial charge in [0.05, 0.1) is 22.9 Å². The van der Waals surface area contributed by atoms with E-state index >= 15 is 0 Å². The van der Waals surface area contributed by atoms with E-state index in [4.69, 9.17) is 5.84 Å². The van der Waals surface area contributed by atoms with E-state index in [1.807, 2.05) is 35.7 Å². The number of nitrogens with one attached hydrogen (secondary N) is 1. The molecular weight excluding hydrogens is 272 g/mol. The molecule has 3 aromatic rings. The number of benzene rings is 1. The smallest absolute Gasteiger partial charge is 0.102 e. The van der Waals surface area contributed by atoms with Gasteiger partial charge in [-0.3, -0.25) is 11.3 Å². The average Bonchev–Trinajstić information content (AvgIpc) is 3.17. The fourth-order valence-electron chi connectivity index (χ4n) is 1.90. The molecule has 0 aliphatic rings. The average molecular weight is 286 g/mol. The molecule has 20 heavy (non-hydrogen) atoms. The minimum absolute atomic E-state index is 0.0985. The van der Waals surface area contributed by atoms with Crippen molar-refractivity contribution in [1.82, 2.24) is 25.4 Å². The van der Waals surface area contributed by atoms with Gasteiger partial charge in [-0.1, -0.05) is 18.2 Å². The molecule has 1 aromatic carbocycles. The first-order valence-corrected chi connectivity index (χ1v) is 7.07. The van der Waals surface area contributed by atoms with E-state index < -0.39 is 0 Å². The summed E-state index contributed by atoms with van der Waals surface area (Å²) in [5.74, 6) is 5.62. The van der Waals surface area contributed by atoms with Crippen molar-refractivity contribution in [1.29, 1.82) is 0 Å². The van der Waals surface area contributed by atoms with Crippen molar-refractivity contribution in [3.63, 3.8) is 0 Å². The van der Waals surface area contributed by atoms with Crippen LogP contribution in [-0.2, 0) is 6.42 Å². The SMILES string of the molecule is NNC(Cc1nccs1)c1cnn(-c2ccccc2)n1. The van der Waals surface area contributed by atoms with E-state index in [-0.39, 0.29) is 6.04 Å². The van der Waals surface area contributed by atoms with Crippen LogP contribution in [0, 0.1) is 0 Å². The summed E-state index contributed by atoms with van der Waals surface area (Å²) in [5.41, 5.74) is 4.49. The second kappa shape index (κ2) is 5.91. The first-order valence-electron chi connectivity index (χ1n) is 6.19. The molecule has 0 radical (unpaired) electrons. The van der Waals surface area contributed by atoms with Crippen molar-refractivity contribution in [3.8, 4) is 5.69 Å². The summed E-state index contributed by atoms with van der Waals surface area (Å²) in [4.78, 5) is 5.86. The number of aromatic nitrogens is 4. The van der Waals surface area contributed by atoms with Crippen LogP contribution in [0.25, 0.3) is 5.69 Å². The van der Waals surface area contributed by atoms with Gasteiger partial charge in [0.2, 0.25) is 0 Å². The van der Waals surface area contributed by atoms with Crippen molar-refractivity contribution < 1.29 is 0 Å². The number of para-hydroxylation sites is 1. The summed E-state index contributed by atoms with van der Waals surface area (Å²) >= 11 is 1.60. The Bertz CT molecular complexity index is 649. The predicted molar refractivity (Wildman–Crippen MR) is 77.2 cm³/mol. The van der Waals surface area contributed by atoms with Gasteiger partial charge in [-0.15, -0.1) is 11.3 Å². The molecule has 0 aliphatic heterocycles. The largest absolute Gasteiger partial charge is 0.271 e. The summed E-state index contributed by atoms with van der Waals surface area (Å²) in [6.07, 6.45) is 4.21. The van der Waals surface area contributed by atoms with Crippen LogP contribution in [0.2, 0.25) is 0 Å². The molecule has 3 N–H and O–H groups in total. The fraction of sp³-hybridized carbons (Fsp3) is 0.154. The number of hydrogen-bond acceptors (Lipinski definition) is 6. The van der Waals surface area contributed by atoms with Gasteiger partial charge >= 0.3 is 0 Å². The second-order valence-electron chi connectivity index (χ2n) is 4.24. The standard InChI is InChI=1S/C13H14N6S/c14-17-11(8-13-15-6-7-20-13)12-9-16-19(18-12)10-4-2-1-3-5-10/h1-7,9,11,17H,8,14H2. The third kappa shape index (κ3) is 2.74. The van der Waals surface area contributed by atoms with Crippen molar-refractivity contribution in [3.05, 3.63) is 58.8 Å². The normalized spacial score (nSPS) is 12.4. The summed E-state index contributed by atoms with van der Waals surface area (Å²) in [6.45, 7) is 0. The number of hydrogen-bond donors (Lipinski definition) is 2. The van der Waals surface area contributed by atoms with Gasteiger partial charge in [0.15, 0.2) is 0 Å². The second-order valence-corrected chi connectivity index (χ2v) is 5.22. The molecule has 1 atom stereocenters. The van der Waals surface area contributed by atoms with E-state index in [1.54, 1.807) is 28.5 Å². The maximum absolute atomic E-state index is 5.62. The van der Waals surface area contributed by atoms with Crippen LogP contribution in [0.1, 0.15) is 16.7 Å². The molecule has 102 valence electrons. The molecule has 0 spiro atoms. The third-order valence-electron chi connectivity index (χ3n) is 2.92. The number of nitrogens with two attached hydrogens (primary N) is 1. The van der Waals surface area contributed by atoms with Crippen molar-refractivity contribution in [2.75, 3.05) is 0 Å². The van der Waals surface area contributed by atoms with Crippen LogP contribution < -0.4 is 11.3 Å². The number of nitrogens with zero attached hydrogens (tertiary/aromatic N) is 4. The minimum Gasteiger partial charge on any atom is -0.271 e. The Hall–Kier alpha value is -2.09. The molecule has 0 saturated heterocycles. The highest BCUT2D eigenvalue weighted by molar-refractivity contribution is 7.09. The highest BCUT2D eigenvalue weighted by Gasteiger charge is 2.16. The van der Waals surface area contributed by atoms with Crippen LogP contribution >= 0.6 is 11.3 Å². The molecule has 1 unspecified atom stereocenters. The maximum Gasteiger partial charge on any atom is 0.102 e. The lowest BCUT2D eigenvalue weighted by Crippen LogP contribution is -2.30. The molecule has 6 nitrogen and oxygen atoms in total. The lowest BCUT2D eigenvalue weighted by molar-refractivity contribution is 0.531. The highest BCUT2D eigenvalue weighted by Crippen LogP contribution is 2.17. The molecule has 0 saturated carbocycles. The van der Waals surface area contributed by atoms with Gasteiger partial charge in [0, 0.05) is 18.0 Å². The molecule has 0 amide bonds. The number of rotatable bonds is 5. The molecule has 3 rings (SSSR count). The van der Waals surface area contributed by atoms with Crippen LogP contribution in [0.5, 0.6) is 0 Å². The molecule has 0 fully saturated rings. The van der Waals surface area contributed by atoms with E-state index in [0.717, 1.165) is 16.4 Å². The highest BCUT2D eigenvalue weighted by atomic mass is 32.1. The van der Waals surface area contributed by atoms with Gasteiger partial charge in [0.1, 0.15) is 5.69 Å². The minimum atomic E-state index is -0.0985. The fourth-order valence-corrected chi connectivity index (χ4v) is 2.56. The lowest BCUT2D eigenvalue weighted by atomic mass is 10.2. The van der Waals surface area contributed by atoms with E-state index in [0.29, 0.717) is 6.42 Å². The summed E-state index contributed by atoms with van der Waals surface area (Å²) in [6, 6.07) is 9.67. The van der Waals surface area contributed by atoms with Crippen LogP contribution in [0.15, 0.2) is 48.1 Å². The van der Waals surface area contributed by atoms with Crippen LogP contribution in [0.3, 0.4) is 0 Å². The quantitative estimate of drug-likeness (QED) is 0.548. The van der Waals surface area contributed by atoms with Crippen molar-refractivity contribution in [2.24, 2.45) is 5.84 Å². The van der Waals surface area contributed by atoms with E-state index in [1.165, 1.54) is 0 Å². The van der Waals surface area contributed by atoms with Gasteiger partial charge in [-0.2, -0.15) is 15.0 Å². The number of thiazole rings is 1. The predicted octanol–water partition coefficient (Wildman–Crippen LogP) is 1.47. The Morgan fingerprint density at radius 1 is 1.30 bits per heavy atom. The van der Waals surface area contributed by atoms with Gasteiger partial charge < -0.3 is 0 Å². The monoisotopic (exact) mass is 286 g/mol. The Balaban J connectivity index is 1.81. The zero-order valence-electron chi connectivity index (χ0n) is 10.7. The molecular formula is C13H14N6S. The maximum atomic E-state index is 5.62. The van der Waals surface area contributed by atoms with E-state index in [2.05, 4.69) is 20.6 Å². The molecule has 0 aliphatic carbocycles. The van der Waals surface area contributed by atoms with Gasteiger partial charge in [-0.05, 0) is 12.1 Å². The summed E-state index contributed by atoms with van der Waals surface area (Å²) < 4.78 is 0. The summed E-state index contributed by atoms with van der Waals surface area (Å²) in [7, 11) is 0. The third-order valence-corrected chi connectivity index (χ3v) is 3.72. The zero-order chi connectivity index (χ0) is 13.8. The topological polar surface area (TPSA) is 81.6 Å².